The number of piperidine rings is 1. The zero-order valence-corrected chi connectivity index (χ0v) is 22.7. The quantitative estimate of drug-likeness (QED) is 0.558. The number of hydrogen-bond acceptors (Lipinski definition) is 7. The maximum Gasteiger partial charge on any atom is 0.257 e. The van der Waals surface area contributed by atoms with Gasteiger partial charge in [0.1, 0.15) is 11.6 Å². The molecule has 2 aliphatic rings. The first-order valence-electron chi connectivity index (χ1n) is 13.1. The number of anilines is 3. The van der Waals surface area contributed by atoms with E-state index < -0.39 is 0 Å². The molecule has 2 N–H and O–H groups in total. The Morgan fingerprint density at radius 1 is 1.16 bits per heavy atom. The first kappa shape index (κ1) is 26.7. The van der Waals surface area contributed by atoms with Gasteiger partial charge in [0.05, 0.1) is 12.7 Å². The summed E-state index contributed by atoms with van der Waals surface area (Å²) in [5, 5.41) is 7.09. The maximum atomic E-state index is 12.5. The lowest BCUT2D eigenvalue weighted by Gasteiger charge is -2.33. The lowest BCUT2D eigenvalue weighted by molar-refractivity contribution is -0.130. The molecule has 2 aliphatic heterocycles. The molecule has 1 aromatic carbocycles. The van der Waals surface area contributed by atoms with Crippen LogP contribution >= 0.6 is 0 Å². The third-order valence-electron chi connectivity index (χ3n) is 7.47. The second-order valence-electron chi connectivity index (χ2n) is 10.4. The SMILES string of the molecule is COc1cc(Nc2cc(NCC3CCCN(C(C)=O)C3)c([C@H]3CCCN3C)cn2)ccc1C(=O)N(C)C. The van der Waals surface area contributed by atoms with Crippen LogP contribution in [0.3, 0.4) is 0 Å². The van der Waals surface area contributed by atoms with E-state index in [2.05, 4.69) is 28.6 Å². The van der Waals surface area contributed by atoms with Crippen LogP contribution in [-0.2, 0) is 4.79 Å². The zero-order valence-electron chi connectivity index (χ0n) is 22.7. The molecule has 2 atom stereocenters. The Morgan fingerprint density at radius 2 is 1.95 bits per heavy atom. The Hall–Kier alpha value is -3.33. The fraction of sp³-hybridized carbons (Fsp3) is 0.536. The highest BCUT2D eigenvalue weighted by Gasteiger charge is 2.27. The number of likely N-dealkylation sites (tertiary alicyclic amines) is 2. The van der Waals surface area contributed by atoms with E-state index in [0.717, 1.165) is 62.6 Å². The molecule has 2 amide bonds. The number of nitrogens with one attached hydrogen (secondary N) is 2. The third kappa shape index (κ3) is 6.33. The van der Waals surface area contributed by atoms with Gasteiger partial charge in [0.25, 0.3) is 5.91 Å². The lowest BCUT2D eigenvalue weighted by atomic mass is 9.97. The van der Waals surface area contributed by atoms with Crippen LogP contribution in [0.1, 0.15) is 54.6 Å². The van der Waals surface area contributed by atoms with Gasteiger partial charge < -0.3 is 25.2 Å². The van der Waals surface area contributed by atoms with Gasteiger partial charge in [0.2, 0.25) is 5.91 Å². The lowest BCUT2D eigenvalue weighted by Crippen LogP contribution is -2.40. The van der Waals surface area contributed by atoms with Crippen molar-refractivity contribution in [2.24, 2.45) is 5.92 Å². The van der Waals surface area contributed by atoms with Crippen LogP contribution in [-0.4, -0.2) is 85.9 Å². The van der Waals surface area contributed by atoms with Crippen molar-refractivity contribution in [3.63, 3.8) is 0 Å². The normalized spacial score (nSPS) is 20.0. The highest BCUT2D eigenvalue weighted by molar-refractivity contribution is 5.97. The van der Waals surface area contributed by atoms with E-state index >= 15 is 0 Å². The average molecular weight is 509 g/mol. The minimum atomic E-state index is -0.107. The highest BCUT2D eigenvalue weighted by atomic mass is 16.5. The molecule has 9 nitrogen and oxygen atoms in total. The van der Waals surface area contributed by atoms with E-state index in [1.165, 1.54) is 16.9 Å². The van der Waals surface area contributed by atoms with Crippen LogP contribution in [0.15, 0.2) is 30.5 Å². The van der Waals surface area contributed by atoms with Gasteiger partial charge in [-0.1, -0.05) is 0 Å². The summed E-state index contributed by atoms with van der Waals surface area (Å²) in [4.78, 5) is 35.0. The molecule has 200 valence electrons. The van der Waals surface area contributed by atoms with E-state index in [1.807, 2.05) is 23.2 Å². The molecule has 4 rings (SSSR count). The molecule has 2 aromatic rings. The fourth-order valence-electron chi connectivity index (χ4n) is 5.36. The summed E-state index contributed by atoms with van der Waals surface area (Å²) in [6.45, 7) is 5.21. The van der Waals surface area contributed by atoms with Crippen molar-refractivity contribution in [1.82, 2.24) is 19.7 Å². The molecule has 3 heterocycles. The number of ether oxygens (including phenoxy) is 1. The molecule has 0 spiro atoms. The minimum Gasteiger partial charge on any atom is -0.496 e. The summed E-state index contributed by atoms with van der Waals surface area (Å²) in [7, 11) is 7.18. The topological polar surface area (TPSA) is 90.0 Å². The molecule has 0 aliphatic carbocycles. The molecule has 1 unspecified atom stereocenters. The monoisotopic (exact) mass is 508 g/mol. The molecule has 2 saturated heterocycles. The van der Waals surface area contributed by atoms with Crippen molar-refractivity contribution in [2.45, 2.75) is 38.6 Å². The number of methoxy groups -OCH3 is 1. The van der Waals surface area contributed by atoms with E-state index in [4.69, 9.17) is 9.72 Å². The number of benzene rings is 1. The zero-order chi connectivity index (χ0) is 26.5. The standard InChI is InChI=1S/C28H40N6O3/c1-19(35)34-13-6-8-20(18-34)16-29-24-15-27(30-17-23(24)25-9-7-12-33(25)4)31-21-10-11-22(26(14-21)37-5)28(36)32(2)3/h10-11,14-15,17,20,25H,6-9,12-13,16,18H2,1-5H3,(H2,29,30,31)/t20?,25-/m1/s1. The number of aromatic nitrogens is 1. The average Bonchev–Trinajstić information content (AvgIpc) is 3.32. The molecule has 37 heavy (non-hydrogen) atoms. The largest absolute Gasteiger partial charge is 0.496 e. The van der Waals surface area contributed by atoms with Gasteiger partial charge in [-0.3, -0.25) is 14.5 Å². The number of amides is 2. The molecule has 0 saturated carbocycles. The van der Waals surface area contributed by atoms with Crippen LogP contribution in [0.2, 0.25) is 0 Å². The molecule has 2 fully saturated rings. The fourth-order valence-corrected chi connectivity index (χ4v) is 5.36. The van der Waals surface area contributed by atoms with E-state index in [0.29, 0.717) is 23.3 Å². The van der Waals surface area contributed by atoms with Crippen molar-refractivity contribution in [1.29, 1.82) is 0 Å². The van der Waals surface area contributed by atoms with Crippen molar-refractivity contribution in [3.05, 3.63) is 41.6 Å². The van der Waals surface area contributed by atoms with Crippen LogP contribution in [0, 0.1) is 5.92 Å². The smallest absolute Gasteiger partial charge is 0.257 e. The molecule has 0 bridgehead atoms. The predicted octanol–water partition coefficient (Wildman–Crippen LogP) is 3.97. The first-order chi connectivity index (χ1) is 17.8. The van der Waals surface area contributed by atoms with Gasteiger partial charge >= 0.3 is 0 Å². The number of hydrogen-bond donors (Lipinski definition) is 2. The number of nitrogens with zero attached hydrogens (tertiary/aromatic N) is 4. The summed E-state index contributed by atoms with van der Waals surface area (Å²) in [5.41, 5.74) is 3.58. The molecular formula is C28H40N6O3. The van der Waals surface area contributed by atoms with Crippen molar-refractivity contribution in [3.8, 4) is 5.75 Å². The van der Waals surface area contributed by atoms with Gasteiger partial charge in [-0.15, -0.1) is 0 Å². The second-order valence-corrected chi connectivity index (χ2v) is 10.4. The summed E-state index contributed by atoms with van der Waals surface area (Å²) in [5.74, 6) is 1.70. The Balaban J connectivity index is 1.55. The minimum absolute atomic E-state index is 0.107. The molecule has 1 aromatic heterocycles. The van der Waals surface area contributed by atoms with E-state index in [1.54, 1.807) is 34.2 Å². The van der Waals surface area contributed by atoms with Crippen LogP contribution < -0.4 is 15.4 Å². The van der Waals surface area contributed by atoms with Gasteiger partial charge in [0, 0.05) is 82.0 Å². The van der Waals surface area contributed by atoms with Crippen molar-refractivity contribution >= 4 is 29.0 Å². The molecular weight excluding hydrogens is 468 g/mol. The van der Waals surface area contributed by atoms with Crippen LogP contribution in [0.5, 0.6) is 5.75 Å². The number of carbonyl (C=O) groups excluding carboxylic acids is 2. The Morgan fingerprint density at radius 3 is 2.62 bits per heavy atom. The van der Waals surface area contributed by atoms with Crippen molar-refractivity contribution in [2.75, 3.05) is 65.1 Å². The van der Waals surface area contributed by atoms with E-state index in [9.17, 15) is 9.59 Å². The predicted molar refractivity (Wildman–Crippen MR) is 147 cm³/mol. The van der Waals surface area contributed by atoms with Crippen LogP contribution in [0.4, 0.5) is 17.2 Å². The van der Waals surface area contributed by atoms with Gasteiger partial charge in [-0.2, -0.15) is 0 Å². The summed E-state index contributed by atoms with van der Waals surface area (Å²) in [6, 6.07) is 7.86. The molecule has 0 radical (unpaired) electrons. The summed E-state index contributed by atoms with van der Waals surface area (Å²) < 4.78 is 5.49. The van der Waals surface area contributed by atoms with Crippen molar-refractivity contribution < 1.29 is 14.3 Å². The highest BCUT2D eigenvalue weighted by Crippen LogP contribution is 2.36. The summed E-state index contributed by atoms with van der Waals surface area (Å²) >= 11 is 0. The number of carbonyl (C=O) groups is 2. The Labute approximate surface area is 220 Å². The Kier molecular flexibility index (Phi) is 8.53. The maximum absolute atomic E-state index is 12.5. The van der Waals surface area contributed by atoms with Gasteiger partial charge in [-0.25, -0.2) is 4.98 Å². The Bertz CT molecular complexity index is 1120. The first-order valence-corrected chi connectivity index (χ1v) is 13.1. The second kappa shape index (κ2) is 11.8. The number of rotatable bonds is 8. The molecule has 9 heteroatoms. The van der Waals surface area contributed by atoms with Gasteiger partial charge in [-0.05, 0) is 57.3 Å². The van der Waals surface area contributed by atoms with Gasteiger partial charge in [0.15, 0.2) is 0 Å². The van der Waals surface area contributed by atoms with Crippen LogP contribution in [0.25, 0.3) is 0 Å². The number of pyridine rings is 1. The third-order valence-corrected chi connectivity index (χ3v) is 7.47. The van der Waals surface area contributed by atoms with E-state index in [-0.39, 0.29) is 11.8 Å². The summed E-state index contributed by atoms with van der Waals surface area (Å²) in [6.07, 6.45) is 6.42.